The number of nitrogens with zero attached hydrogens (tertiary/aromatic N) is 1. The molecular weight excluding hydrogens is 439 g/mol. The Morgan fingerprint density at radius 1 is 1.10 bits per heavy atom. The van der Waals surface area contributed by atoms with Crippen LogP contribution >= 0.6 is 23.2 Å². The molecule has 0 saturated carbocycles. The van der Waals surface area contributed by atoms with Crippen LogP contribution in [-0.2, 0) is 14.8 Å². The number of sulfonamides is 1. The van der Waals surface area contributed by atoms with Crippen molar-refractivity contribution in [3.05, 3.63) is 52.0 Å². The molecule has 1 N–H and O–H groups in total. The molecule has 0 bridgehead atoms. The zero-order valence-electron chi connectivity index (χ0n) is 15.8. The Balaban J connectivity index is 1.75. The van der Waals surface area contributed by atoms with E-state index in [1.54, 1.807) is 19.1 Å². The Kier molecular flexibility index (Phi) is 6.45. The van der Waals surface area contributed by atoms with Gasteiger partial charge in [0.25, 0.3) is 0 Å². The summed E-state index contributed by atoms with van der Waals surface area (Å²) in [6, 6.07) is 9.38. The van der Waals surface area contributed by atoms with Crippen molar-refractivity contribution < 1.29 is 22.7 Å². The van der Waals surface area contributed by atoms with Crippen molar-refractivity contribution in [2.75, 3.05) is 30.3 Å². The highest BCUT2D eigenvalue weighted by atomic mass is 35.5. The van der Waals surface area contributed by atoms with E-state index < -0.39 is 22.5 Å². The van der Waals surface area contributed by atoms with Gasteiger partial charge in [-0.1, -0.05) is 29.3 Å². The molecule has 0 aliphatic carbocycles. The minimum absolute atomic E-state index is 0.215. The largest absolute Gasteiger partial charge is 0.486 e. The van der Waals surface area contributed by atoms with Gasteiger partial charge in [0.15, 0.2) is 11.5 Å². The second-order valence-electron chi connectivity index (χ2n) is 6.59. The van der Waals surface area contributed by atoms with Crippen molar-refractivity contribution in [1.29, 1.82) is 0 Å². The van der Waals surface area contributed by atoms with E-state index in [1.165, 1.54) is 18.2 Å². The third-order valence-corrected chi connectivity index (χ3v) is 5.84. The fourth-order valence-corrected chi connectivity index (χ4v) is 4.27. The first-order valence-corrected chi connectivity index (χ1v) is 11.4. The van der Waals surface area contributed by atoms with E-state index in [2.05, 4.69) is 5.32 Å². The summed E-state index contributed by atoms with van der Waals surface area (Å²) < 4.78 is 36.5. The van der Waals surface area contributed by atoms with Crippen molar-refractivity contribution in [3.8, 4) is 11.5 Å². The minimum Gasteiger partial charge on any atom is -0.486 e. The van der Waals surface area contributed by atoms with Crippen molar-refractivity contribution >= 4 is 44.8 Å². The van der Waals surface area contributed by atoms with Gasteiger partial charge in [-0.25, -0.2) is 8.42 Å². The van der Waals surface area contributed by atoms with Gasteiger partial charge < -0.3 is 14.8 Å². The van der Waals surface area contributed by atoms with Gasteiger partial charge in [-0.3, -0.25) is 9.10 Å². The molecule has 0 spiro atoms. The number of rotatable bonds is 6. The standard InChI is InChI=1S/C19H20Cl2N2O5S/c1-12(13-3-4-17-18(7-13)28-6-5-27-17)22-19(24)11-23(29(2,25)26)16-9-14(20)8-15(21)10-16/h3-4,7-10,12H,5-6,11H2,1-2H3,(H,22,24)/t12-/m0/s1. The number of hydrogen-bond acceptors (Lipinski definition) is 5. The van der Waals surface area contributed by atoms with Gasteiger partial charge in [0.2, 0.25) is 15.9 Å². The second kappa shape index (κ2) is 8.69. The highest BCUT2D eigenvalue weighted by Gasteiger charge is 2.23. The van der Waals surface area contributed by atoms with Gasteiger partial charge in [0, 0.05) is 10.0 Å². The Morgan fingerprint density at radius 2 is 1.72 bits per heavy atom. The predicted octanol–water partition coefficient (Wildman–Crippen LogP) is 3.41. The molecule has 1 aliphatic rings. The highest BCUT2D eigenvalue weighted by molar-refractivity contribution is 7.92. The number of hydrogen-bond donors (Lipinski definition) is 1. The average Bonchev–Trinajstić information content (AvgIpc) is 2.64. The van der Waals surface area contributed by atoms with E-state index in [1.807, 2.05) is 6.07 Å². The maximum absolute atomic E-state index is 12.6. The molecular formula is C19H20Cl2N2O5S. The molecule has 29 heavy (non-hydrogen) atoms. The molecule has 0 radical (unpaired) electrons. The van der Waals surface area contributed by atoms with Gasteiger partial charge in [-0.05, 0) is 42.8 Å². The molecule has 1 aliphatic heterocycles. The lowest BCUT2D eigenvalue weighted by atomic mass is 10.1. The molecule has 156 valence electrons. The second-order valence-corrected chi connectivity index (χ2v) is 9.37. The maximum Gasteiger partial charge on any atom is 0.241 e. The van der Waals surface area contributed by atoms with Gasteiger partial charge in [0.05, 0.1) is 18.0 Å². The first-order valence-electron chi connectivity index (χ1n) is 8.76. The van der Waals surface area contributed by atoms with Crippen LogP contribution in [0.15, 0.2) is 36.4 Å². The Hall–Kier alpha value is -2.16. The molecule has 1 amide bonds. The lowest BCUT2D eigenvalue weighted by Gasteiger charge is -2.24. The Morgan fingerprint density at radius 3 is 2.34 bits per heavy atom. The summed E-state index contributed by atoms with van der Waals surface area (Å²) in [5.41, 5.74) is 1.02. The third-order valence-electron chi connectivity index (χ3n) is 4.27. The van der Waals surface area contributed by atoms with E-state index >= 15 is 0 Å². The monoisotopic (exact) mass is 458 g/mol. The average molecular weight is 459 g/mol. The molecule has 2 aromatic carbocycles. The van der Waals surface area contributed by atoms with Gasteiger partial charge in [-0.15, -0.1) is 0 Å². The van der Waals surface area contributed by atoms with Crippen LogP contribution in [0.4, 0.5) is 5.69 Å². The van der Waals surface area contributed by atoms with Crippen molar-refractivity contribution in [2.45, 2.75) is 13.0 Å². The quantitative estimate of drug-likeness (QED) is 0.716. The lowest BCUT2D eigenvalue weighted by Crippen LogP contribution is -2.41. The summed E-state index contributed by atoms with van der Waals surface area (Å²) in [6.07, 6.45) is 1.01. The highest BCUT2D eigenvalue weighted by Crippen LogP contribution is 2.32. The molecule has 2 aromatic rings. The van der Waals surface area contributed by atoms with Crippen LogP contribution in [-0.4, -0.2) is 40.3 Å². The van der Waals surface area contributed by atoms with Gasteiger partial charge in [0.1, 0.15) is 19.8 Å². The number of anilines is 1. The normalized spacial score (nSPS) is 14.2. The van der Waals surface area contributed by atoms with E-state index in [0.29, 0.717) is 24.7 Å². The van der Waals surface area contributed by atoms with E-state index in [4.69, 9.17) is 32.7 Å². The molecule has 0 aromatic heterocycles. The topological polar surface area (TPSA) is 84.9 Å². The van der Waals surface area contributed by atoms with E-state index in [9.17, 15) is 13.2 Å². The summed E-state index contributed by atoms with van der Waals surface area (Å²) in [4.78, 5) is 12.6. The number of benzene rings is 2. The Bertz CT molecular complexity index is 1010. The van der Waals surface area contributed by atoms with Crippen LogP contribution in [0.2, 0.25) is 10.0 Å². The summed E-state index contributed by atoms with van der Waals surface area (Å²) in [5.74, 6) is 0.787. The fraction of sp³-hybridized carbons (Fsp3) is 0.316. The van der Waals surface area contributed by atoms with Crippen molar-refractivity contribution in [3.63, 3.8) is 0 Å². The first-order chi connectivity index (χ1) is 13.6. The van der Waals surface area contributed by atoms with E-state index in [-0.39, 0.29) is 21.8 Å². The molecule has 7 nitrogen and oxygen atoms in total. The number of halogens is 2. The molecule has 1 heterocycles. The summed E-state index contributed by atoms with van der Waals surface area (Å²) in [6.45, 7) is 2.34. The lowest BCUT2D eigenvalue weighted by molar-refractivity contribution is -0.120. The third kappa shape index (κ3) is 5.46. The minimum atomic E-state index is -3.74. The zero-order chi connectivity index (χ0) is 21.2. The molecule has 0 fully saturated rings. The van der Waals surface area contributed by atoms with Gasteiger partial charge in [-0.2, -0.15) is 0 Å². The maximum atomic E-state index is 12.6. The first kappa shape index (κ1) is 21.5. The summed E-state index contributed by atoms with van der Waals surface area (Å²) in [7, 11) is -3.74. The molecule has 0 unspecified atom stereocenters. The zero-order valence-corrected chi connectivity index (χ0v) is 18.1. The molecule has 0 saturated heterocycles. The van der Waals surface area contributed by atoms with Crippen molar-refractivity contribution in [2.24, 2.45) is 0 Å². The Labute approximate surface area is 179 Å². The van der Waals surface area contributed by atoms with Crippen LogP contribution in [0.25, 0.3) is 0 Å². The smallest absolute Gasteiger partial charge is 0.241 e. The summed E-state index contributed by atoms with van der Waals surface area (Å²) >= 11 is 11.9. The van der Waals surface area contributed by atoms with Crippen LogP contribution in [0.3, 0.4) is 0 Å². The number of carbonyl (C=O) groups is 1. The van der Waals surface area contributed by atoms with Gasteiger partial charge >= 0.3 is 0 Å². The molecule has 3 rings (SSSR count). The van der Waals surface area contributed by atoms with Crippen molar-refractivity contribution in [1.82, 2.24) is 5.32 Å². The van der Waals surface area contributed by atoms with Crippen LogP contribution in [0.1, 0.15) is 18.5 Å². The van der Waals surface area contributed by atoms with Crippen LogP contribution in [0.5, 0.6) is 11.5 Å². The number of amides is 1. The van der Waals surface area contributed by atoms with Crippen LogP contribution in [0, 0.1) is 0 Å². The SMILES string of the molecule is C[C@H](NC(=O)CN(c1cc(Cl)cc(Cl)c1)S(C)(=O)=O)c1ccc2c(c1)OCCO2. The fourth-order valence-electron chi connectivity index (χ4n) is 2.91. The van der Waals surface area contributed by atoms with Crippen LogP contribution < -0.4 is 19.1 Å². The molecule has 1 atom stereocenters. The number of fused-ring (bicyclic) bond motifs is 1. The number of carbonyl (C=O) groups excluding carboxylic acids is 1. The van der Waals surface area contributed by atoms with E-state index in [0.717, 1.165) is 16.1 Å². The molecule has 10 heteroatoms. The number of nitrogens with one attached hydrogen (secondary N) is 1. The summed E-state index contributed by atoms with van der Waals surface area (Å²) in [5, 5.41) is 3.34. The number of ether oxygens (including phenoxy) is 2. The predicted molar refractivity (Wildman–Crippen MR) is 113 cm³/mol.